The summed E-state index contributed by atoms with van der Waals surface area (Å²) in [4.78, 5) is 10.5. The van der Waals surface area contributed by atoms with E-state index in [1.807, 2.05) is 4.72 Å². The fraction of sp³-hybridized carbons (Fsp3) is 0. The molecule has 2 aromatic carbocycles. The van der Waals surface area contributed by atoms with E-state index in [9.17, 15) is 22.7 Å². The van der Waals surface area contributed by atoms with E-state index in [1.165, 1.54) is 12.1 Å². The van der Waals surface area contributed by atoms with Crippen LogP contribution in [0.25, 0.3) is 0 Å². The van der Waals surface area contributed by atoms with Crippen LogP contribution in [-0.4, -0.2) is 24.6 Å². The first-order valence-electron chi connectivity index (χ1n) is 5.64. The number of aromatic carboxylic acids is 1. The molecule has 0 aliphatic rings. The van der Waals surface area contributed by atoms with Crippen molar-refractivity contribution in [3.63, 3.8) is 0 Å². The van der Waals surface area contributed by atoms with Crippen molar-refractivity contribution in [3.05, 3.63) is 53.8 Å². The standard InChI is InChI=1S/C13H10FNO5S/c14-9-2-1-3-10(7-9)21(19,20)15-11-6-8(13(17)18)4-5-12(11)16/h1-7,15-16H,(H,17,18). The Hall–Kier alpha value is -2.61. The Morgan fingerprint density at radius 3 is 2.48 bits per heavy atom. The number of sulfonamides is 1. The van der Waals surface area contributed by atoms with Crippen LogP contribution in [0.4, 0.5) is 10.1 Å². The predicted octanol–water partition coefficient (Wildman–Crippen LogP) is 2.03. The van der Waals surface area contributed by atoms with Crippen molar-refractivity contribution in [1.29, 1.82) is 0 Å². The van der Waals surface area contributed by atoms with Crippen LogP contribution in [0.5, 0.6) is 5.75 Å². The summed E-state index contributed by atoms with van der Waals surface area (Å²) in [6, 6.07) is 7.42. The number of phenols is 1. The van der Waals surface area contributed by atoms with Crippen LogP contribution in [0.2, 0.25) is 0 Å². The van der Waals surface area contributed by atoms with Gasteiger partial charge in [-0.2, -0.15) is 0 Å². The number of halogens is 1. The normalized spacial score (nSPS) is 11.1. The number of hydrogen-bond acceptors (Lipinski definition) is 4. The molecule has 0 bridgehead atoms. The molecule has 0 spiro atoms. The van der Waals surface area contributed by atoms with Gasteiger partial charge in [-0.15, -0.1) is 0 Å². The number of phenolic OH excluding ortho intramolecular Hbond substituents is 1. The monoisotopic (exact) mass is 311 g/mol. The van der Waals surface area contributed by atoms with Gasteiger partial charge in [-0.25, -0.2) is 17.6 Å². The lowest BCUT2D eigenvalue weighted by molar-refractivity contribution is 0.0697. The van der Waals surface area contributed by atoms with Gasteiger partial charge < -0.3 is 10.2 Å². The first-order valence-corrected chi connectivity index (χ1v) is 7.12. The molecular weight excluding hydrogens is 301 g/mol. The molecule has 0 saturated heterocycles. The highest BCUT2D eigenvalue weighted by molar-refractivity contribution is 7.92. The Balaban J connectivity index is 2.41. The zero-order chi connectivity index (χ0) is 15.6. The number of nitrogens with one attached hydrogen (secondary N) is 1. The lowest BCUT2D eigenvalue weighted by Crippen LogP contribution is -2.13. The van der Waals surface area contributed by atoms with Gasteiger partial charge in [-0.05, 0) is 36.4 Å². The van der Waals surface area contributed by atoms with Crippen LogP contribution in [0.1, 0.15) is 10.4 Å². The smallest absolute Gasteiger partial charge is 0.335 e. The highest BCUT2D eigenvalue weighted by Gasteiger charge is 2.18. The van der Waals surface area contributed by atoms with Gasteiger partial charge in [0, 0.05) is 0 Å². The summed E-state index contributed by atoms with van der Waals surface area (Å²) in [6.07, 6.45) is 0. The third-order valence-corrected chi connectivity index (χ3v) is 3.96. The van der Waals surface area contributed by atoms with Crippen molar-refractivity contribution >= 4 is 21.7 Å². The third-order valence-electron chi connectivity index (χ3n) is 2.59. The molecule has 0 atom stereocenters. The summed E-state index contributed by atoms with van der Waals surface area (Å²) in [6.45, 7) is 0. The average Bonchev–Trinajstić information content (AvgIpc) is 2.41. The van der Waals surface area contributed by atoms with Gasteiger partial charge in [0.15, 0.2) is 0 Å². The Kier molecular flexibility index (Phi) is 3.81. The summed E-state index contributed by atoms with van der Waals surface area (Å²) in [5.74, 6) is -2.46. The number of hydrogen-bond donors (Lipinski definition) is 3. The molecule has 0 fully saturated rings. The second-order valence-corrected chi connectivity index (χ2v) is 5.78. The number of carbonyl (C=O) groups is 1. The third kappa shape index (κ3) is 3.29. The van der Waals surface area contributed by atoms with Crippen molar-refractivity contribution in [2.75, 3.05) is 4.72 Å². The molecule has 0 aromatic heterocycles. The Morgan fingerprint density at radius 2 is 1.86 bits per heavy atom. The van der Waals surface area contributed by atoms with E-state index in [4.69, 9.17) is 5.11 Å². The van der Waals surface area contributed by atoms with E-state index in [0.717, 1.165) is 30.3 Å². The van der Waals surface area contributed by atoms with Gasteiger partial charge >= 0.3 is 5.97 Å². The van der Waals surface area contributed by atoms with Gasteiger partial charge in [-0.1, -0.05) is 6.07 Å². The van der Waals surface area contributed by atoms with Gasteiger partial charge in [0.05, 0.1) is 16.1 Å². The molecule has 2 rings (SSSR count). The van der Waals surface area contributed by atoms with E-state index in [-0.39, 0.29) is 16.1 Å². The van der Waals surface area contributed by atoms with Crippen molar-refractivity contribution in [1.82, 2.24) is 0 Å². The van der Waals surface area contributed by atoms with Crippen LogP contribution in [-0.2, 0) is 10.0 Å². The minimum Gasteiger partial charge on any atom is -0.506 e. The second-order valence-electron chi connectivity index (χ2n) is 4.10. The number of rotatable bonds is 4. The Morgan fingerprint density at radius 1 is 1.14 bits per heavy atom. The van der Waals surface area contributed by atoms with Crippen LogP contribution in [0.3, 0.4) is 0 Å². The fourth-order valence-corrected chi connectivity index (χ4v) is 2.68. The van der Waals surface area contributed by atoms with E-state index >= 15 is 0 Å². The van der Waals surface area contributed by atoms with Crippen LogP contribution in [0.15, 0.2) is 47.4 Å². The molecular formula is C13H10FNO5S. The number of benzene rings is 2. The lowest BCUT2D eigenvalue weighted by atomic mass is 10.2. The Bertz CT molecular complexity index is 804. The van der Waals surface area contributed by atoms with Crippen molar-refractivity contribution < 1.29 is 27.8 Å². The molecule has 110 valence electrons. The minimum absolute atomic E-state index is 0.204. The lowest BCUT2D eigenvalue weighted by Gasteiger charge is -2.10. The highest BCUT2D eigenvalue weighted by atomic mass is 32.2. The van der Waals surface area contributed by atoms with Crippen molar-refractivity contribution in [2.24, 2.45) is 0 Å². The van der Waals surface area contributed by atoms with E-state index < -0.39 is 27.6 Å². The van der Waals surface area contributed by atoms with Crippen LogP contribution < -0.4 is 4.72 Å². The molecule has 2 aromatic rings. The van der Waals surface area contributed by atoms with E-state index in [2.05, 4.69) is 0 Å². The summed E-state index contributed by atoms with van der Waals surface area (Å²) >= 11 is 0. The first kappa shape index (κ1) is 14.8. The maximum Gasteiger partial charge on any atom is 0.335 e. The van der Waals surface area contributed by atoms with Gasteiger partial charge in [0.2, 0.25) is 0 Å². The van der Waals surface area contributed by atoms with Crippen LogP contribution >= 0.6 is 0 Å². The summed E-state index contributed by atoms with van der Waals surface area (Å²) in [5.41, 5.74) is -0.510. The van der Waals surface area contributed by atoms with E-state index in [0.29, 0.717) is 0 Å². The molecule has 8 heteroatoms. The molecule has 0 unspecified atom stereocenters. The Labute approximate surface area is 119 Å². The maximum atomic E-state index is 13.1. The largest absolute Gasteiger partial charge is 0.506 e. The van der Waals surface area contributed by atoms with Gasteiger partial charge in [0.1, 0.15) is 11.6 Å². The zero-order valence-electron chi connectivity index (χ0n) is 10.4. The van der Waals surface area contributed by atoms with Crippen molar-refractivity contribution in [2.45, 2.75) is 4.90 Å². The highest BCUT2D eigenvalue weighted by Crippen LogP contribution is 2.27. The van der Waals surface area contributed by atoms with E-state index in [1.54, 1.807) is 0 Å². The molecule has 21 heavy (non-hydrogen) atoms. The summed E-state index contributed by atoms with van der Waals surface area (Å²) < 4.78 is 39.2. The molecule has 6 nitrogen and oxygen atoms in total. The summed E-state index contributed by atoms with van der Waals surface area (Å²) in [5, 5.41) is 18.4. The topological polar surface area (TPSA) is 104 Å². The molecule has 0 heterocycles. The average molecular weight is 311 g/mol. The maximum absolute atomic E-state index is 13.1. The molecule has 0 aliphatic carbocycles. The molecule has 0 saturated carbocycles. The minimum atomic E-state index is -4.14. The SMILES string of the molecule is O=C(O)c1ccc(O)c(NS(=O)(=O)c2cccc(F)c2)c1. The molecule has 3 N–H and O–H groups in total. The first-order chi connectivity index (χ1) is 9.79. The van der Waals surface area contributed by atoms with Gasteiger partial charge in [-0.3, -0.25) is 4.72 Å². The molecule has 0 aliphatic heterocycles. The van der Waals surface area contributed by atoms with Crippen molar-refractivity contribution in [3.8, 4) is 5.75 Å². The molecule has 0 amide bonds. The fourth-order valence-electron chi connectivity index (χ4n) is 1.59. The predicted molar refractivity (Wildman–Crippen MR) is 72.3 cm³/mol. The van der Waals surface area contributed by atoms with Gasteiger partial charge in [0.25, 0.3) is 10.0 Å². The number of aromatic hydroxyl groups is 1. The summed E-state index contributed by atoms with van der Waals surface area (Å²) in [7, 11) is -4.14. The number of carboxylic acid groups (broad SMARTS) is 1. The quantitative estimate of drug-likeness (QED) is 0.750. The second kappa shape index (κ2) is 5.41. The number of anilines is 1. The van der Waals surface area contributed by atoms with Crippen LogP contribution in [0, 0.1) is 5.82 Å². The molecule has 0 radical (unpaired) electrons. The zero-order valence-corrected chi connectivity index (χ0v) is 11.3. The number of carboxylic acids is 1.